The van der Waals surface area contributed by atoms with Crippen LogP contribution < -0.4 is 16.4 Å². The first-order chi connectivity index (χ1) is 10.2. The number of anilines is 2. The molecule has 21 heavy (non-hydrogen) atoms. The van der Waals surface area contributed by atoms with Gasteiger partial charge in [-0.15, -0.1) is 0 Å². The van der Waals surface area contributed by atoms with Gasteiger partial charge in [-0.2, -0.15) is 0 Å². The van der Waals surface area contributed by atoms with Crippen molar-refractivity contribution in [1.82, 2.24) is 5.32 Å². The predicted molar refractivity (Wildman–Crippen MR) is 85.5 cm³/mol. The minimum Gasteiger partial charge on any atom is -0.399 e. The first-order valence-corrected chi connectivity index (χ1v) is 7.12. The Kier molecular flexibility index (Phi) is 3.52. The Hall–Kier alpha value is -2.49. The second-order valence-electron chi connectivity index (χ2n) is 5.40. The number of amides is 1. The smallest absolute Gasteiger partial charge is 0.253 e. The lowest BCUT2D eigenvalue weighted by atomic mass is 10.1. The van der Waals surface area contributed by atoms with E-state index in [0.717, 1.165) is 18.5 Å². The van der Waals surface area contributed by atoms with Crippen LogP contribution in [0.15, 0.2) is 42.5 Å². The fraction of sp³-hybridized carbons (Fsp3) is 0.235. The van der Waals surface area contributed by atoms with Gasteiger partial charge in [-0.3, -0.25) is 4.79 Å². The van der Waals surface area contributed by atoms with Crippen molar-refractivity contribution in [2.24, 2.45) is 0 Å². The summed E-state index contributed by atoms with van der Waals surface area (Å²) in [6, 6.07) is 14.1. The van der Waals surface area contributed by atoms with Gasteiger partial charge in [-0.1, -0.05) is 24.3 Å². The molecule has 0 atom stereocenters. The van der Waals surface area contributed by atoms with Crippen LogP contribution in [0.3, 0.4) is 0 Å². The molecule has 108 valence electrons. The molecule has 0 spiro atoms. The van der Waals surface area contributed by atoms with Crippen LogP contribution in [0.4, 0.5) is 11.4 Å². The molecule has 0 bridgehead atoms. The molecule has 0 saturated carbocycles. The number of nitrogens with one attached hydrogen (secondary N) is 2. The lowest BCUT2D eigenvalue weighted by Crippen LogP contribution is -2.24. The molecular formula is C17H19N3O. The highest BCUT2D eigenvalue weighted by Gasteiger charge is 2.22. The number of hydrogen-bond donors (Lipinski definition) is 3. The van der Waals surface area contributed by atoms with Gasteiger partial charge in [0.15, 0.2) is 0 Å². The zero-order valence-corrected chi connectivity index (χ0v) is 12.0. The van der Waals surface area contributed by atoms with Gasteiger partial charge in [0, 0.05) is 24.5 Å². The Bertz CT molecular complexity index is 656. The number of carbonyl (C=O) groups excluding carboxylic acids is 1. The van der Waals surface area contributed by atoms with Gasteiger partial charge < -0.3 is 16.4 Å². The molecule has 0 saturated heterocycles. The number of rotatable bonds is 3. The highest BCUT2D eigenvalue weighted by molar-refractivity contribution is 6.00. The van der Waals surface area contributed by atoms with Crippen LogP contribution in [0, 0.1) is 0 Å². The average molecular weight is 281 g/mol. The summed E-state index contributed by atoms with van der Waals surface area (Å²) in [6.07, 6.45) is 1.94. The Morgan fingerprint density at radius 2 is 1.81 bits per heavy atom. The molecule has 4 nitrogen and oxygen atoms in total. The third-order valence-electron chi connectivity index (χ3n) is 3.93. The van der Waals surface area contributed by atoms with E-state index in [-0.39, 0.29) is 5.91 Å². The Morgan fingerprint density at radius 3 is 2.43 bits per heavy atom. The van der Waals surface area contributed by atoms with Crippen molar-refractivity contribution < 1.29 is 4.79 Å². The van der Waals surface area contributed by atoms with Crippen molar-refractivity contribution in [3.05, 3.63) is 59.2 Å². The van der Waals surface area contributed by atoms with E-state index in [4.69, 9.17) is 5.73 Å². The summed E-state index contributed by atoms with van der Waals surface area (Å²) < 4.78 is 0. The zero-order valence-electron chi connectivity index (χ0n) is 12.0. The van der Waals surface area contributed by atoms with Gasteiger partial charge in [0.05, 0.1) is 5.56 Å². The van der Waals surface area contributed by atoms with Crippen molar-refractivity contribution in [1.29, 1.82) is 0 Å². The molecule has 4 N–H and O–H groups in total. The fourth-order valence-corrected chi connectivity index (χ4v) is 2.89. The normalized spacial score (nSPS) is 13.8. The van der Waals surface area contributed by atoms with Crippen molar-refractivity contribution in [2.45, 2.75) is 18.9 Å². The summed E-state index contributed by atoms with van der Waals surface area (Å²) in [5.74, 6) is -0.104. The summed E-state index contributed by atoms with van der Waals surface area (Å²) in [5, 5.41) is 6.14. The van der Waals surface area contributed by atoms with E-state index in [1.54, 1.807) is 19.2 Å². The maximum absolute atomic E-state index is 11.9. The number of hydrogen-bond acceptors (Lipinski definition) is 3. The highest BCUT2D eigenvalue weighted by Crippen LogP contribution is 2.27. The van der Waals surface area contributed by atoms with Crippen LogP contribution >= 0.6 is 0 Å². The summed E-state index contributed by atoms with van der Waals surface area (Å²) >= 11 is 0. The molecule has 0 heterocycles. The molecule has 4 heteroatoms. The predicted octanol–water partition coefficient (Wildman–Crippen LogP) is 2.21. The van der Waals surface area contributed by atoms with E-state index in [0.29, 0.717) is 17.3 Å². The van der Waals surface area contributed by atoms with Crippen molar-refractivity contribution in [3.63, 3.8) is 0 Å². The number of nitrogen functional groups attached to an aromatic ring is 1. The topological polar surface area (TPSA) is 67.2 Å². The van der Waals surface area contributed by atoms with E-state index in [2.05, 4.69) is 34.9 Å². The van der Waals surface area contributed by atoms with Crippen molar-refractivity contribution >= 4 is 17.3 Å². The molecule has 0 fully saturated rings. The van der Waals surface area contributed by atoms with Gasteiger partial charge >= 0.3 is 0 Å². The van der Waals surface area contributed by atoms with Crippen LogP contribution in [0.25, 0.3) is 0 Å². The lowest BCUT2D eigenvalue weighted by molar-refractivity contribution is 0.0964. The molecular weight excluding hydrogens is 262 g/mol. The van der Waals surface area contributed by atoms with Gasteiger partial charge in [-0.25, -0.2) is 0 Å². The molecule has 1 amide bonds. The van der Waals surface area contributed by atoms with Crippen LogP contribution in [0.2, 0.25) is 0 Å². The van der Waals surface area contributed by atoms with Crippen LogP contribution in [-0.2, 0) is 12.8 Å². The first kappa shape index (κ1) is 13.5. The van der Waals surface area contributed by atoms with E-state index >= 15 is 0 Å². The molecule has 1 aliphatic carbocycles. The summed E-state index contributed by atoms with van der Waals surface area (Å²) in [4.78, 5) is 11.9. The zero-order chi connectivity index (χ0) is 14.8. The fourth-order valence-electron chi connectivity index (χ4n) is 2.89. The largest absolute Gasteiger partial charge is 0.399 e. The molecule has 2 aromatic rings. The highest BCUT2D eigenvalue weighted by atomic mass is 16.1. The van der Waals surface area contributed by atoms with E-state index in [1.165, 1.54) is 11.1 Å². The van der Waals surface area contributed by atoms with E-state index < -0.39 is 0 Å². The third kappa shape index (κ3) is 2.70. The Balaban J connectivity index is 1.83. The monoisotopic (exact) mass is 281 g/mol. The standard InChI is InChI=1S/C17H19N3O/c1-19-17(21)15-7-6-13(18)10-16(15)20-14-8-11-4-2-3-5-12(11)9-14/h2-7,10,14,20H,8-9,18H2,1H3,(H,19,21). The second kappa shape index (κ2) is 5.48. The minimum absolute atomic E-state index is 0.104. The molecule has 0 unspecified atom stereocenters. The molecule has 0 aliphatic heterocycles. The van der Waals surface area contributed by atoms with Gasteiger partial charge in [0.25, 0.3) is 5.91 Å². The molecule has 3 rings (SSSR count). The SMILES string of the molecule is CNC(=O)c1ccc(N)cc1NC1Cc2ccccc2C1. The van der Waals surface area contributed by atoms with E-state index in [1.807, 2.05) is 6.07 Å². The third-order valence-corrected chi connectivity index (χ3v) is 3.93. The Morgan fingerprint density at radius 1 is 1.14 bits per heavy atom. The maximum Gasteiger partial charge on any atom is 0.253 e. The van der Waals surface area contributed by atoms with Crippen molar-refractivity contribution in [2.75, 3.05) is 18.1 Å². The minimum atomic E-state index is -0.104. The molecule has 1 aliphatic rings. The van der Waals surface area contributed by atoms with Gasteiger partial charge in [0.2, 0.25) is 0 Å². The van der Waals surface area contributed by atoms with Crippen LogP contribution in [0.5, 0.6) is 0 Å². The summed E-state index contributed by atoms with van der Waals surface area (Å²) in [5.41, 5.74) is 10.7. The number of fused-ring (bicyclic) bond motifs is 1. The van der Waals surface area contributed by atoms with Gasteiger partial charge in [-0.05, 0) is 42.2 Å². The first-order valence-electron chi connectivity index (χ1n) is 7.12. The molecule has 0 radical (unpaired) electrons. The average Bonchev–Trinajstić information content (AvgIpc) is 2.89. The van der Waals surface area contributed by atoms with Crippen molar-refractivity contribution in [3.8, 4) is 0 Å². The van der Waals surface area contributed by atoms with E-state index in [9.17, 15) is 4.79 Å². The number of carbonyl (C=O) groups is 1. The summed E-state index contributed by atoms with van der Waals surface area (Å²) in [7, 11) is 1.63. The molecule has 2 aromatic carbocycles. The number of nitrogens with two attached hydrogens (primary N) is 1. The Labute approximate surface area is 124 Å². The lowest BCUT2D eigenvalue weighted by Gasteiger charge is -2.17. The quantitative estimate of drug-likeness (QED) is 0.756. The maximum atomic E-state index is 11.9. The summed E-state index contributed by atoms with van der Waals surface area (Å²) in [6.45, 7) is 0. The second-order valence-corrected chi connectivity index (χ2v) is 5.40. The van der Waals surface area contributed by atoms with Crippen LogP contribution in [-0.4, -0.2) is 19.0 Å². The number of benzene rings is 2. The van der Waals surface area contributed by atoms with Gasteiger partial charge in [0.1, 0.15) is 0 Å². The van der Waals surface area contributed by atoms with Crippen LogP contribution in [0.1, 0.15) is 21.5 Å². The molecule has 0 aromatic heterocycles.